The van der Waals surface area contributed by atoms with Crippen LogP contribution in [0.4, 0.5) is 13.2 Å². The average molecular weight is 288 g/mol. The van der Waals surface area contributed by atoms with Crippen LogP contribution in [-0.2, 0) is 4.74 Å². The second-order valence-electron chi connectivity index (χ2n) is 4.94. The molecule has 0 saturated carbocycles. The number of hydrogen-bond donors (Lipinski definition) is 0. The van der Waals surface area contributed by atoms with Gasteiger partial charge >= 0.3 is 6.36 Å². The van der Waals surface area contributed by atoms with Crippen molar-refractivity contribution in [2.45, 2.75) is 38.1 Å². The summed E-state index contributed by atoms with van der Waals surface area (Å²) in [5, 5.41) is 0. The Bertz CT molecular complexity index is 491. The molecule has 6 heteroatoms. The van der Waals surface area contributed by atoms with Crippen molar-refractivity contribution >= 4 is 5.78 Å². The Hall–Kier alpha value is -1.56. The van der Waals surface area contributed by atoms with Gasteiger partial charge in [0.1, 0.15) is 11.4 Å². The summed E-state index contributed by atoms with van der Waals surface area (Å²) in [7, 11) is 0. The van der Waals surface area contributed by atoms with E-state index >= 15 is 0 Å². The monoisotopic (exact) mass is 288 g/mol. The molecular weight excluding hydrogens is 273 g/mol. The van der Waals surface area contributed by atoms with Gasteiger partial charge in [-0.15, -0.1) is 13.2 Å². The summed E-state index contributed by atoms with van der Waals surface area (Å²) in [6.45, 7) is 2.16. The van der Waals surface area contributed by atoms with Crippen molar-refractivity contribution in [1.29, 1.82) is 0 Å². The maximum atomic E-state index is 12.4. The van der Waals surface area contributed by atoms with Gasteiger partial charge in [-0.05, 0) is 38.3 Å². The lowest BCUT2D eigenvalue weighted by Gasteiger charge is -2.32. The minimum atomic E-state index is -4.77. The highest BCUT2D eigenvalue weighted by molar-refractivity contribution is 6.02. The molecule has 20 heavy (non-hydrogen) atoms. The molecule has 0 aliphatic carbocycles. The van der Waals surface area contributed by atoms with Gasteiger partial charge in [0.05, 0.1) is 0 Å². The van der Waals surface area contributed by atoms with Crippen LogP contribution < -0.4 is 4.74 Å². The molecule has 0 bridgehead atoms. The Morgan fingerprint density at radius 1 is 1.35 bits per heavy atom. The van der Waals surface area contributed by atoms with Crippen LogP contribution in [0, 0.1) is 0 Å². The van der Waals surface area contributed by atoms with Crippen LogP contribution >= 0.6 is 0 Å². The Kier molecular flexibility index (Phi) is 4.04. The van der Waals surface area contributed by atoms with Gasteiger partial charge in [0.15, 0.2) is 5.78 Å². The van der Waals surface area contributed by atoms with Gasteiger partial charge in [-0.25, -0.2) is 0 Å². The largest absolute Gasteiger partial charge is 0.573 e. The maximum Gasteiger partial charge on any atom is 0.573 e. The molecule has 1 aliphatic rings. The zero-order valence-electron chi connectivity index (χ0n) is 11.0. The number of Topliss-reactive ketones (excluding diaryl/α,β-unsaturated/α-hetero) is 1. The highest BCUT2D eigenvalue weighted by atomic mass is 19.4. The van der Waals surface area contributed by atoms with Crippen LogP contribution in [-0.4, -0.2) is 24.4 Å². The Morgan fingerprint density at radius 2 is 2.10 bits per heavy atom. The summed E-state index contributed by atoms with van der Waals surface area (Å²) < 4.78 is 45.8. The topological polar surface area (TPSA) is 35.5 Å². The SMILES string of the molecule is CC1(C(=O)c2cccc(OC(F)(F)F)c2)CCCCO1. The molecule has 110 valence electrons. The fourth-order valence-corrected chi connectivity index (χ4v) is 2.25. The van der Waals surface area contributed by atoms with Crippen LogP contribution in [0.1, 0.15) is 36.5 Å². The lowest BCUT2D eigenvalue weighted by molar-refractivity contribution is -0.274. The molecule has 1 aromatic rings. The minimum Gasteiger partial charge on any atom is -0.406 e. The molecule has 1 saturated heterocycles. The lowest BCUT2D eigenvalue weighted by atomic mass is 9.88. The second-order valence-corrected chi connectivity index (χ2v) is 4.94. The van der Waals surface area contributed by atoms with Gasteiger partial charge in [-0.3, -0.25) is 4.79 Å². The molecule has 1 heterocycles. The molecule has 1 aromatic carbocycles. The van der Waals surface area contributed by atoms with Crippen molar-refractivity contribution in [3.05, 3.63) is 29.8 Å². The molecular formula is C14H15F3O3. The number of benzene rings is 1. The lowest BCUT2D eigenvalue weighted by Crippen LogP contribution is -2.41. The Morgan fingerprint density at radius 3 is 2.70 bits per heavy atom. The van der Waals surface area contributed by atoms with Crippen molar-refractivity contribution < 1.29 is 27.4 Å². The van der Waals surface area contributed by atoms with Gasteiger partial charge in [0, 0.05) is 12.2 Å². The zero-order chi connectivity index (χ0) is 14.8. The fraction of sp³-hybridized carbons (Fsp3) is 0.500. The summed E-state index contributed by atoms with van der Waals surface area (Å²) >= 11 is 0. The van der Waals surface area contributed by atoms with Crippen LogP contribution in [0.5, 0.6) is 5.75 Å². The molecule has 0 aromatic heterocycles. The third-order valence-electron chi connectivity index (χ3n) is 3.28. The molecule has 0 spiro atoms. The molecule has 1 aliphatic heterocycles. The molecule has 0 radical (unpaired) electrons. The van der Waals surface area contributed by atoms with Crippen LogP contribution in [0.25, 0.3) is 0 Å². The normalized spacial score (nSPS) is 23.4. The molecule has 1 unspecified atom stereocenters. The number of rotatable bonds is 3. The zero-order valence-corrected chi connectivity index (χ0v) is 11.0. The first kappa shape index (κ1) is 14.8. The van der Waals surface area contributed by atoms with Gasteiger partial charge in [-0.2, -0.15) is 0 Å². The van der Waals surface area contributed by atoms with Crippen molar-refractivity contribution in [2.24, 2.45) is 0 Å². The highest BCUT2D eigenvalue weighted by Crippen LogP contribution is 2.30. The quantitative estimate of drug-likeness (QED) is 0.795. The van der Waals surface area contributed by atoms with E-state index in [1.54, 1.807) is 6.92 Å². The van der Waals surface area contributed by atoms with Gasteiger partial charge in [-0.1, -0.05) is 12.1 Å². The summed E-state index contributed by atoms with van der Waals surface area (Å²) in [6.07, 6.45) is -2.45. The van der Waals surface area contributed by atoms with E-state index in [0.29, 0.717) is 13.0 Å². The van der Waals surface area contributed by atoms with E-state index in [1.807, 2.05) is 0 Å². The maximum absolute atomic E-state index is 12.4. The van der Waals surface area contributed by atoms with Crippen molar-refractivity contribution in [2.75, 3.05) is 6.61 Å². The predicted molar refractivity (Wildman–Crippen MR) is 65.7 cm³/mol. The summed E-state index contributed by atoms with van der Waals surface area (Å²) in [5.74, 6) is -0.715. The third kappa shape index (κ3) is 3.50. The van der Waals surface area contributed by atoms with Gasteiger partial charge in [0.2, 0.25) is 0 Å². The number of ketones is 1. The highest BCUT2D eigenvalue weighted by Gasteiger charge is 2.37. The first-order chi connectivity index (χ1) is 9.30. The molecule has 1 fully saturated rings. The number of alkyl halides is 3. The molecule has 1 atom stereocenters. The summed E-state index contributed by atoms with van der Waals surface area (Å²) in [5.41, 5.74) is -0.800. The number of hydrogen-bond acceptors (Lipinski definition) is 3. The number of halogens is 3. The van der Waals surface area contributed by atoms with E-state index < -0.39 is 17.7 Å². The standard InChI is InChI=1S/C14H15F3O3/c1-13(7-2-3-8-19-13)12(18)10-5-4-6-11(9-10)20-14(15,16)17/h4-6,9H,2-3,7-8H2,1H3. The van der Waals surface area contributed by atoms with Crippen LogP contribution in [0.2, 0.25) is 0 Å². The Balaban J connectivity index is 2.20. The van der Waals surface area contributed by atoms with Gasteiger partial charge < -0.3 is 9.47 Å². The molecule has 3 nitrogen and oxygen atoms in total. The van der Waals surface area contributed by atoms with E-state index in [-0.39, 0.29) is 11.3 Å². The van der Waals surface area contributed by atoms with E-state index in [0.717, 1.165) is 25.0 Å². The number of carbonyl (C=O) groups excluding carboxylic acids is 1. The number of ether oxygens (including phenoxy) is 2. The van der Waals surface area contributed by atoms with E-state index in [2.05, 4.69) is 4.74 Å². The summed E-state index contributed by atoms with van der Waals surface area (Å²) in [4.78, 5) is 12.4. The third-order valence-corrected chi connectivity index (χ3v) is 3.28. The molecule has 2 rings (SSSR count). The first-order valence-electron chi connectivity index (χ1n) is 6.35. The van der Waals surface area contributed by atoms with Crippen molar-refractivity contribution in [3.8, 4) is 5.75 Å². The number of carbonyl (C=O) groups is 1. The smallest absolute Gasteiger partial charge is 0.406 e. The first-order valence-corrected chi connectivity index (χ1v) is 6.35. The average Bonchev–Trinajstić information content (AvgIpc) is 2.37. The van der Waals surface area contributed by atoms with E-state index in [4.69, 9.17) is 4.74 Å². The predicted octanol–water partition coefficient (Wildman–Crippen LogP) is 3.73. The summed E-state index contributed by atoms with van der Waals surface area (Å²) in [6, 6.07) is 5.09. The van der Waals surface area contributed by atoms with Crippen LogP contribution in [0.3, 0.4) is 0 Å². The van der Waals surface area contributed by atoms with Gasteiger partial charge in [0.25, 0.3) is 0 Å². The van der Waals surface area contributed by atoms with Crippen LogP contribution in [0.15, 0.2) is 24.3 Å². The second kappa shape index (κ2) is 5.44. The van der Waals surface area contributed by atoms with E-state index in [1.165, 1.54) is 12.1 Å². The molecule has 0 amide bonds. The minimum absolute atomic E-state index is 0.163. The Labute approximate surface area is 114 Å². The van der Waals surface area contributed by atoms with Crippen molar-refractivity contribution in [1.82, 2.24) is 0 Å². The van der Waals surface area contributed by atoms with Crippen molar-refractivity contribution in [3.63, 3.8) is 0 Å². The molecule has 0 N–H and O–H groups in total. The van der Waals surface area contributed by atoms with E-state index in [9.17, 15) is 18.0 Å². The fourth-order valence-electron chi connectivity index (χ4n) is 2.25.